The monoisotopic (exact) mass is 371 g/mol. The molecule has 2 unspecified atom stereocenters. The lowest BCUT2D eigenvalue weighted by atomic mass is 9.99. The molecular formula is C18H27ClFN3O2. The Morgan fingerprint density at radius 3 is 2.56 bits per heavy atom. The highest BCUT2D eigenvalue weighted by Gasteiger charge is 2.31. The van der Waals surface area contributed by atoms with E-state index in [4.69, 9.17) is 0 Å². The second kappa shape index (κ2) is 9.73. The SMILES string of the molecule is CNC1CCCN(C(=O)C(NC(=O)c2ccccc2F)C(C)C)C1.Cl. The van der Waals surface area contributed by atoms with Gasteiger partial charge in [-0.2, -0.15) is 0 Å². The van der Waals surface area contributed by atoms with Gasteiger partial charge in [0, 0.05) is 19.1 Å². The summed E-state index contributed by atoms with van der Waals surface area (Å²) >= 11 is 0. The zero-order valence-corrected chi connectivity index (χ0v) is 15.7. The average Bonchev–Trinajstić information content (AvgIpc) is 2.59. The summed E-state index contributed by atoms with van der Waals surface area (Å²) in [5.74, 6) is -1.32. The molecule has 1 aromatic carbocycles. The van der Waals surface area contributed by atoms with Crippen molar-refractivity contribution in [1.82, 2.24) is 15.5 Å². The van der Waals surface area contributed by atoms with Crippen LogP contribution in [-0.2, 0) is 4.79 Å². The Kier molecular flexibility index (Phi) is 8.32. The smallest absolute Gasteiger partial charge is 0.254 e. The Labute approximate surface area is 154 Å². The Hall–Kier alpha value is -1.66. The third-order valence-corrected chi connectivity index (χ3v) is 4.48. The molecule has 1 aliphatic rings. The van der Waals surface area contributed by atoms with E-state index in [9.17, 15) is 14.0 Å². The van der Waals surface area contributed by atoms with Crippen LogP contribution in [0.2, 0.25) is 0 Å². The van der Waals surface area contributed by atoms with E-state index >= 15 is 0 Å². The van der Waals surface area contributed by atoms with Gasteiger partial charge in [0.2, 0.25) is 5.91 Å². The standard InChI is InChI=1S/C18H26FN3O2.ClH/c1-12(2)16(18(24)22-10-6-7-13(11-22)20-3)21-17(23)14-8-4-5-9-15(14)19;/h4-5,8-9,12-13,16,20H,6-7,10-11H2,1-3H3,(H,21,23);1H. The molecule has 0 radical (unpaired) electrons. The fourth-order valence-electron chi connectivity index (χ4n) is 2.99. The van der Waals surface area contributed by atoms with Gasteiger partial charge in [0.05, 0.1) is 5.56 Å². The van der Waals surface area contributed by atoms with Crippen LogP contribution in [0, 0.1) is 11.7 Å². The summed E-state index contributed by atoms with van der Waals surface area (Å²) in [6, 6.07) is 5.41. The second-order valence-electron chi connectivity index (χ2n) is 6.59. The van der Waals surface area contributed by atoms with Crippen LogP contribution in [0.1, 0.15) is 37.0 Å². The molecule has 1 heterocycles. The highest BCUT2D eigenvalue weighted by molar-refractivity contribution is 5.97. The molecular weight excluding hydrogens is 345 g/mol. The zero-order valence-electron chi connectivity index (χ0n) is 14.9. The topological polar surface area (TPSA) is 61.4 Å². The van der Waals surface area contributed by atoms with Crippen LogP contribution >= 0.6 is 12.4 Å². The number of hydrogen-bond acceptors (Lipinski definition) is 3. The van der Waals surface area contributed by atoms with Crippen molar-refractivity contribution < 1.29 is 14.0 Å². The lowest BCUT2D eigenvalue weighted by molar-refractivity contribution is -0.135. The minimum absolute atomic E-state index is 0. The highest BCUT2D eigenvalue weighted by Crippen LogP contribution is 2.15. The first-order chi connectivity index (χ1) is 11.4. The van der Waals surface area contributed by atoms with Crippen molar-refractivity contribution in [3.8, 4) is 0 Å². The summed E-state index contributed by atoms with van der Waals surface area (Å²) in [5.41, 5.74) is -0.0392. The van der Waals surface area contributed by atoms with Crippen LogP contribution in [0.5, 0.6) is 0 Å². The molecule has 1 aromatic rings. The number of rotatable bonds is 5. The molecule has 0 aliphatic carbocycles. The van der Waals surface area contributed by atoms with Crippen LogP contribution < -0.4 is 10.6 Å². The van der Waals surface area contributed by atoms with Gasteiger partial charge in [-0.3, -0.25) is 9.59 Å². The van der Waals surface area contributed by atoms with Gasteiger partial charge in [0.1, 0.15) is 11.9 Å². The molecule has 7 heteroatoms. The van der Waals surface area contributed by atoms with E-state index in [0.717, 1.165) is 12.8 Å². The third-order valence-electron chi connectivity index (χ3n) is 4.48. The number of benzene rings is 1. The molecule has 1 fully saturated rings. The fraction of sp³-hybridized carbons (Fsp3) is 0.556. The maximum Gasteiger partial charge on any atom is 0.254 e. The number of piperidine rings is 1. The summed E-state index contributed by atoms with van der Waals surface area (Å²) in [6.45, 7) is 5.08. The maximum absolute atomic E-state index is 13.8. The number of likely N-dealkylation sites (tertiary alicyclic amines) is 1. The van der Waals surface area contributed by atoms with Gasteiger partial charge in [-0.25, -0.2) is 4.39 Å². The first-order valence-electron chi connectivity index (χ1n) is 8.45. The molecule has 0 saturated carbocycles. The third kappa shape index (κ3) is 5.41. The molecule has 2 atom stereocenters. The van der Waals surface area contributed by atoms with Crippen molar-refractivity contribution in [2.45, 2.75) is 38.8 Å². The molecule has 2 amide bonds. The van der Waals surface area contributed by atoms with Crippen LogP contribution in [0.4, 0.5) is 4.39 Å². The van der Waals surface area contributed by atoms with Gasteiger partial charge in [0.15, 0.2) is 0 Å². The molecule has 1 aliphatic heterocycles. The summed E-state index contributed by atoms with van der Waals surface area (Å²) in [7, 11) is 1.89. The van der Waals surface area contributed by atoms with Gasteiger partial charge in [0.25, 0.3) is 5.91 Å². The number of hydrogen-bond donors (Lipinski definition) is 2. The summed E-state index contributed by atoms with van der Waals surface area (Å²) < 4.78 is 13.8. The molecule has 0 aromatic heterocycles. The molecule has 0 bridgehead atoms. The predicted molar refractivity (Wildman–Crippen MR) is 98.4 cm³/mol. The average molecular weight is 372 g/mol. The van der Waals surface area contributed by atoms with E-state index < -0.39 is 17.8 Å². The first kappa shape index (κ1) is 21.4. The van der Waals surface area contributed by atoms with E-state index in [-0.39, 0.29) is 35.8 Å². The number of carbonyl (C=O) groups is 2. The minimum Gasteiger partial charge on any atom is -0.340 e. The van der Waals surface area contributed by atoms with Crippen molar-refractivity contribution in [3.63, 3.8) is 0 Å². The Balaban J connectivity index is 0.00000312. The van der Waals surface area contributed by atoms with Gasteiger partial charge in [-0.15, -0.1) is 12.4 Å². The van der Waals surface area contributed by atoms with Crippen LogP contribution in [0.3, 0.4) is 0 Å². The summed E-state index contributed by atoms with van der Waals surface area (Å²) in [6.07, 6.45) is 1.97. The summed E-state index contributed by atoms with van der Waals surface area (Å²) in [4.78, 5) is 27.0. The largest absolute Gasteiger partial charge is 0.340 e. The van der Waals surface area contributed by atoms with Crippen molar-refractivity contribution in [2.75, 3.05) is 20.1 Å². The molecule has 0 spiro atoms. The summed E-state index contributed by atoms with van der Waals surface area (Å²) in [5, 5.41) is 5.91. The van der Waals surface area contributed by atoms with E-state index in [2.05, 4.69) is 10.6 Å². The number of likely N-dealkylation sites (N-methyl/N-ethyl adjacent to an activating group) is 1. The lowest BCUT2D eigenvalue weighted by Gasteiger charge is -2.36. The van der Waals surface area contributed by atoms with Crippen molar-refractivity contribution in [2.24, 2.45) is 5.92 Å². The van der Waals surface area contributed by atoms with Crippen LogP contribution in [0.15, 0.2) is 24.3 Å². The molecule has 1 saturated heterocycles. The van der Waals surface area contributed by atoms with Gasteiger partial charge < -0.3 is 15.5 Å². The molecule has 2 N–H and O–H groups in total. The van der Waals surface area contributed by atoms with E-state index in [0.29, 0.717) is 13.1 Å². The molecule has 25 heavy (non-hydrogen) atoms. The highest BCUT2D eigenvalue weighted by atomic mass is 35.5. The quantitative estimate of drug-likeness (QED) is 0.834. The van der Waals surface area contributed by atoms with E-state index in [1.54, 1.807) is 11.0 Å². The van der Waals surface area contributed by atoms with Gasteiger partial charge in [-0.1, -0.05) is 26.0 Å². The Bertz CT molecular complexity index is 597. The predicted octanol–water partition coefficient (Wildman–Crippen LogP) is 2.21. The van der Waals surface area contributed by atoms with Gasteiger partial charge >= 0.3 is 0 Å². The number of halogens is 2. The number of nitrogens with one attached hydrogen (secondary N) is 2. The normalized spacial score (nSPS) is 18.4. The minimum atomic E-state index is -0.660. The molecule has 140 valence electrons. The first-order valence-corrected chi connectivity index (χ1v) is 8.45. The number of carbonyl (C=O) groups excluding carboxylic acids is 2. The second-order valence-corrected chi connectivity index (χ2v) is 6.59. The molecule has 5 nitrogen and oxygen atoms in total. The number of amides is 2. The number of nitrogens with zero attached hydrogens (tertiary/aromatic N) is 1. The van der Waals surface area contributed by atoms with Crippen LogP contribution in [-0.4, -0.2) is 48.9 Å². The van der Waals surface area contributed by atoms with Crippen molar-refractivity contribution >= 4 is 24.2 Å². The van der Waals surface area contributed by atoms with E-state index in [1.165, 1.54) is 18.2 Å². The van der Waals surface area contributed by atoms with Crippen molar-refractivity contribution in [3.05, 3.63) is 35.6 Å². The Morgan fingerprint density at radius 1 is 1.28 bits per heavy atom. The maximum atomic E-state index is 13.8. The lowest BCUT2D eigenvalue weighted by Crippen LogP contribution is -2.55. The van der Waals surface area contributed by atoms with Crippen LogP contribution in [0.25, 0.3) is 0 Å². The van der Waals surface area contributed by atoms with Crippen molar-refractivity contribution in [1.29, 1.82) is 0 Å². The van der Waals surface area contributed by atoms with E-state index in [1.807, 2.05) is 20.9 Å². The zero-order chi connectivity index (χ0) is 17.7. The molecule has 2 rings (SSSR count). The Morgan fingerprint density at radius 2 is 1.96 bits per heavy atom. The fourth-order valence-corrected chi connectivity index (χ4v) is 2.99. The van der Waals surface area contributed by atoms with Gasteiger partial charge in [-0.05, 0) is 37.9 Å².